The maximum atomic E-state index is 12.3. The van der Waals surface area contributed by atoms with E-state index in [1.165, 1.54) is 30.9 Å². The fourth-order valence-corrected chi connectivity index (χ4v) is 4.37. The molecule has 2 aliphatic heterocycles. The number of benzene rings is 1. The number of carbonyl (C=O) groups is 2. The van der Waals surface area contributed by atoms with Gasteiger partial charge >= 0.3 is 0 Å². The predicted octanol–water partition coefficient (Wildman–Crippen LogP) is 3.52. The van der Waals surface area contributed by atoms with Crippen LogP contribution in [-0.2, 0) is 35.5 Å². The van der Waals surface area contributed by atoms with Crippen molar-refractivity contribution in [2.75, 3.05) is 33.3 Å². The number of aryl methyl sites for hydroxylation is 2. The van der Waals surface area contributed by atoms with Crippen LogP contribution in [0.5, 0.6) is 0 Å². The van der Waals surface area contributed by atoms with Gasteiger partial charge in [-0.15, -0.1) is 0 Å². The van der Waals surface area contributed by atoms with E-state index in [1.54, 1.807) is 17.2 Å². The molecule has 184 valence electrons. The van der Waals surface area contributed by atoms with Crippen LogP contribution < -0.4 is 0 Å². The van der Waals surface area contributed by atoms with E-state index in [1.807, 2.05) is 17.7 Å². The van der Waals surface area contributed by atoms with Crippen LogP contribution in [0.4, 0.5) is 0 Å². The Hall–Kier alpha value is -2.77. The van der Waals surface area contributed by atoms with Gasteiger partial charge in [0.2, 0.25) is 5.91 Å². The number of likely N-dealkylation sites (N-methyl/N-ethyl adjacent to an activating group) is 1. The van der Waals surface area contributed by atoms with Crippen molar-refractivity contribution >= 4 is 11.7 Å². The minimum Gasteiger partial charge on any atom is -0.371 e. The Morgan fingerprint density at radius 3 is 2.59 bits per heavy atom. The Morgan fingerprint density at radius 1 is 1.15 bits per heavy atom. The summed E-state index contributed by atoms with van der Waals surface area (Å²) in [7, 11) is 2.04. The summed E-state index contributed by atoms with van der Waals surface area (Å²) >= 11 is 0. The van der Waals surface area contributed by atoms with Crippen molar-refractivity contribution in [1.82, 2.24) is 19.4 Å². The summed E-state index contributed by atoms with van der Waals surface area (Å²) in [6, 6.07) is 8.72. The molecule has 1 atom stereocenters. The molecule has 1 aromatic carbocycles. The van der Waals surface area contributed by atoms with Gasteiger partial charge in [0, 0.05) is 39.2 Å². The van der Waals surface area contributed by atoms with E-state index in [4.69, 9.17) is 4.74 Å². The standard InChI is InChI=1S/C16H22N4O3.C11H16/c1-12(21)14-9-17-15-11-19(5-6-20(14)15)16(22)4-3-13-10-18(2)7-8-23-13;1-3-7-11-9-6-5-8-10(11)4-2/h3-4,9,13H,5-8,10-11H2,1-2H3;5-6,8-9H,3-4,7H2,1-2H3/b4-3+;. The molecular weight excluding hydrogens is 428 g/mol. The van der Waals surface area contributed by atoms with E-state index in [-0.39, 0.29) is 17.8 Å². The lowest BCUT2D eigenvalue weighted by Gasteiger charge is -2.29. The zero-order valence-corrected chi connectivity index (χ0v) is 21.0. The minimum atomic E-state index is -0.0412. The number of imidazole rings is 1. The lowest BCUT2D eigenvalue weighted by atomic mass is 10.0. The molecule has 7 nitrogen and oxygen atoms in total. The highest BCUT2D eigenvalue weighted by atomic mass is 16.5. The quantitative estimate of drug-likeness (QED) is 0.481. The summed E-state index contributed by atoms with van der Waals surface area (Å²) in [6.45, 7) is 10.0. The van der Waals surface area contributed by atoms with E-state index in [9.17, 15) is 9.59 Å². The molecule has 0 saturated carbocycles. The molecule has 1 aromatic heterocycles. The number of hydrogen-bond donors (Lipinski definition) is 0. The summed E-state index contributed by atoms with van der Waals surface area (Å²) in [4.78, 5) is 32.1. The minimum absolute atomic E-state index is 0.00184. The Balaban J connectivity index is 0.000000248. The van der Waals surface area contributed by atoms with Crippen molar-refractivity contribution in [1.29, 1.82) is 0 Å². The maximum absolute atomic E-state index is 12.3. The van der Waals surface area contributed by atoms with E-state index < -0.39 is 0 Å². The van der Waals surface area contributed by atoms with Crippen molar-refractivity contribution in [3.63, 3.8) is 0 Å². The van der Waals surface area contributed by atoms with Crippen LogP contribution in [0.25, 0.3) is 0 Å². The Labute approximate surface area is 203 Å². The van der Waals surface area contributed by atoms with Gasteiger partial charge in [-0.1, -0.05) is 44.5 Å². The fraction of sp³-hybridized carbons (Fsp3) is 0.519. The number of aromatic nitrogens is 2. The fourth-order valence-electron chi connectivity index (χ4n) is 4.37. The second kappa shape index (κ2) is 12.6. The zero-order chi connectivity index (χ0) is 24.5. The first kappa shape index (κ1) is 25.8. The van der Waals surface area contributed by atoms with Crippen molar-refractivity contribution in [2.45, 2.75) is 59.2 Å². The third-order valence-corrected chi connectivity index (χ3v) is 6.31. The number of carbonyl (C=O) groups excluding carboxylic acids is 2. The molecule has 1 amide bonds. The average Bonchev–Trinajstić information content (AvgIpc) is 3.27. The van der Waals surface area contributed by atoms with Crippen molar-refractivity contribution in [3.05, 3.63) is 65.3 Å². The molecule has 1 fully saturated rings. The molecule has 0 radical (unpaired) electrons. The number of nitrogens with zero attached hydrogens (tertiary/aromatic N) is 4. The first-order chi connectivity index (χ1) is 16.4. The third kappa shape index (κ3) is 6.87. The third-order valence-electron chi connectivity index (χ3n) is 6.31. The summed E-state index contributed by atoms with van der Waals surface area (Å²) in [5.74, 6) is 0.722. The molecule has 0 N–H and O–H groups in total. The molecule has 2 aliphatic rings. The molecule has 7 heteroatoms. The molecule has 0 bridgehead atoms. The normalized spacial score (nSPS) is 18.4. The molecule has 34 heavy (non-hydrogen) atoms. The molecule has 0 aliphatic carbocycles. The number of fused-ring (bicyclic) bond motifs is 1. The van der Waals surface area contributed by atoms with Crippen LogP contribution >= 0.6 is 0 Å². The van der Waals surface area contributed by atoms with Gasteiger partial charge in [-0.25, -0.2) is 4.98 Å². The summed E-state index contributed by atoms with van der Waals surface area (Å²) in [5, 5.41) is 0. The zero-order valence-electron chi connectivity index (χ0n) is 21.0. The van der Waals surface area contributed by atoms with Crippen LogP contribution in [0.3, 0.4) is 0 Å². The second-order valence-electron chi connectivity index (χ2n) is 8.93. The van der Waals surface area contributed by atoms with Gasteiger partial charge < -0.3 is 19.1 Å². The molecule has 2 aromatic rings. The number of ketones is 1. The lowest BCUT2D eigenvalue weighted by Crippen LogP contribution is -2.40. The van der Waals surface area contributed by atoms with Gasteiger partial charge in [0.1, 0.15) is 11.5 Å². The van der Waals surface area contributed by atoms with Crippen molar-refractivity contribution in [3.8, 4) is 0 Å². The van der Waals surface area contributed by atoms with Gasteiger partial charge in [-0.2, -0.15) is 0 Å². The molecular formula is C27H38N4O3. The smallest absolute Gasteiger partial charge is 0.246 e. The first-order valence-electron chi connectivity index (χ1n) is 12.3. The Bertz CT molecular complexity index is 998. The number of morpholine rings is 1. The lowest BCUT2D eigenvalue weighted by molar-refractivity contribution is -0.127. The van der Waals surface area contributed by atoms with Crippen LogP contribution in [0.15, 0.2) is 42.6 Å². The van der Waals surface area contributed by atoms with E-state index in [2.05, 4.69) is 48.0 Å². The van der Waals surface area contributed by atoms with Gasteiger partial charge in [0.05, 0.1) is 25.5 Å². The molecule has 3 heterocycles. The van der Waals surface area contributed by atoms with Crippen LogP contribution in [0.2, 0.25) is 0 Å². The van der Waals surface area contributed by atoms with Crippen LogP contribution in [0, 0.1) is 0 Å². The molecule has 0 spiro atoms. The average molecular weight is 467 g/mol. The topological polar surface area (TPSA) is 67.7 Å². The number of hydrogen-bond acceptors (Lipinski definition) is 5. The van der Waals surface area contributed by atoms with Crippen molar-refractivity contribution < 1.29 is 14.3 Å². The molecule has 1 saturated heterocycles. The number of Topliss-reactive ketones (excluding diaryl/α,β-unsaturated/α-hetero) is 1. The summed E-state index contributed by atoms with van der Waals surface area (Å²) in [6.07, 6.45) is 8.62. The van der Waals surface area contributed by atoms with E-state index >= 15 is 0 Å². The summed E-state index contributed by atoms with van der Waals surface area (Å²) in [5.41, 5.74) is 3.65. The SMILES string of the molecule is CC(=O)c1cnc2n1CCN(C(=O)/C=C/C1CN(C)CCO1)C2.CCCc1ccccc1CC. The van der Waals surface area contributed by atoms with Crippen LogP contribution in [0.1, 0.15) is 54.6 Å². The molecule has 1 unspecified atom stereocenters. The molecule has 4 rings (SSSR count). The second-order valence-corrected chi connectivity index (χ2v) is 8.93. The highest BCUT2D eigenvalue weighted by Gasteiger charge is 2.24. The van der Waals surface area contributed by atoms with Crippen molar-refractivity contribution in [2.24, 2.45) is 0 Å². The first-order valence-corrected chi connectivity index (χ1v) is 12.3. The number of rotatable bonds is 6. The Morgan fingerprint density at radius 2 is 1.91 bits per heavy atom. The number of ether oxygens (including phenoxy) is 1. The predicted molar refractivity (Wildman–Crippen MR) is 134 cm³/mol. The maximum Gasteiger partial charge on any atom is 0.246 e. The van der Waals surface area contributed by atoms with E-state index in [0.29, 0.717) is 31.9 Å². The number of amides is 1. The van der Waals surface area contributed by atoms with Gasteiger partial charge in [0.15, 0.2) is 5.78 Å². The van der Waals surface area contributed by atoms with Gasteiger partial charge in [-0.05, 0) is 37.1 Å². The summed E-state index contributed by atoms with van der Waals surface area (Å²) < 4.78 is 7.52. The Kier molecular flexibility index (Phi) is 9.60. The van der Waals surface area contributed by atoms with Crippen LogP contribution in [-0.4, -0.2) is 70.4 Å². The van der Waals surface area contributed by atoms with Gasteiger partial charge in [0.25, 0.3) is 0 Å². The monoisotopic (exact) mass is 466 g/mol. The highest BCUT2D eigenvalue weighted by Crippen LogP contribution is 2.15. The largest absolute Gasteiger partial charge is 0.371 e. The van der Waals surface area contributed by atoms with Gasteiger partial charge in [-0.3, -0.25) is 9.59 Å². The van der Waals surface area contributed by atoms with E-state index in [0.717, 1.165) is 25.3 Å². The highest BCUT2D eigenvalue weighted by molar-refractivity contribution is 5.92.